The van der Waals surface area contributed by atoms with Crippen molar-refractivity contribution < 1.29 is 13.9 Å². The zero-order valence-electron chi connectivity index (χ0n) is 24.8. The van der Waals surface area contributed by atoms with E-state index < -0.39 is 0 Å². The minimum Gasteiger partial charge on any atom is -0.485 e. The van der Waals surface area contributed by atoms with E-state index in [-0.39, 0.29) is 29.5 Å². The molecule has 2 aromatic carbocycles. The number of aryl methyl sites for hydroxylation is 2. The molecule has 5 heteroatoms. The Hall–Kier alpha value is -3.05. The number of Topliss-reactive ketones (excluding diaryl/α,β-unsaturated/α-hetero) is 1. The number of ketones is 1. The van der Waals surface area contributed by atoms with Gasteiger partial charge in [-0.1, -0.05) is 38.1 Å². The van der Waals surface area contributed by atoms with Gasteiger partial charge in [-0.05, 0) is 118 Å². The van der Waals surface area contributed by atoms with Crippen molar-refractivity contribution in [2.24, 2.45) is 11.8 Å². The molecular weight excluding hydrogens is 499 g/mol. The fraction of sp³-hybridized carbons (Fsp3) is 0.486. The third-order valence-electron chi connectivity index (χ3n) is 9.03. The summed E-state index contributed by atoms with van der Waals surface area (Å²) in [4.78, 5) is 18.9. The number of pyridine rings is 1. The van der Waals surface area contributed by atoms with Crippen molar-refractivity contribution in [1.82, 2.24) is 9.88 Å². The van der Waals surface area contributed by atoms with Crippen LogP contribution in [0.1, 0.15) is 93.9 Å². The van der Waals surface area contributed by atoms with Gasteiger partial charge in [0.1, 0.15) is 23.5 Å². The van der Waals surface area contributed by atoms with Gasteiger partial charge < -0.3 is 4.74 Å². The Labute approximate surface area is 239 Å². The summed E-state index contributed by atoms with van der Waals surface area (Å²) in [7, 11) is 0. The van der Waals surface area contributed by atoms with Crippen molar-refractivity contribution in [1.29, 1.82) is 0 Å². The fourth-order valence-corrected chi connectivity index (χ4v) is 6.36. The molecule has 0 spiro atoms. The summed E-state index contributed by atoms with van der Waals surface area (Å²) in [5, 5.41) is 0. The summed E-state index contributed by atoms with van der Waals surface area (Å²) >= 11 is 0. The molecule has 0 saturated heterocycles. The molecule has 2 heterocycles. The Bertz CT molecular complexity index is 1380. The number of benzene rings is 2. The second-order valence-electron chi connectivity index (χ2n) is 12.2. The molecule has 1 unspecified atom stereocenters. The van der Waals surface area contributed by atoms with E-state index in [0.717, 1.165) is 42.9 Å². The van der Waals surface area contributed by atoms with Crippen LogP contribution < -0.4 is 4.74 Å². The molecule has 3 atom stereocenters. The van der Waals surface area contributed by atoms with Gasteiger partial charge in [0.2, 0.25) is 0 Å². The standard InChI is InChI=1S/C35H43FN2O2/c1-7-38(21(2)3)20-29-17-27(31-16-22(4)37-19-32(31)36)12-14-30(29)33-15-13-25-8-11-28(18-34(25)40-33)35(26-9-10-26)23(5)24(6)39/h8,11-12,14,16-19,21,23,26,33,35H,7,9-10,13,15,20H2,1-6H3/t23-,33?,35+/m1/s1. The lowest BCUT2D eigenvalue weighted by Crippen LogP contribution is -2.31. The molecule has 1 saturated carbocycles. The first kappa shape index (κ1) is 28.5. The molecule has 0 radical (unpaired) electrons. The van der Waals surface area contributed by atoms with E-state index >= 15 is 0 Å². The van der Waals surface area contributed by atoms with Crippen LogP contribution in [0.3, 0.4) is 0 Å². The number of ether oxygens (including phenoxy) is 1. The zero-order chi connectivity index (χ0) is 28.6. The summed E-state index contributed by atoms with van der Waals surface area (Å²) in [5.74, 6) is 1.74. The SMILES string of the molecule is CCN(Cc1cc(-c2cc(C)ncc2F)ccc1C1CCc2ccc([C@H](C3CC3)[C@H](C)C(C)=O)cc2O1)C(C)C. The normalized spacial score (nSPS) is 18.4. The van der Waals surface area contributed by atoms with Crippen LogP contribution in [-0.2, 0) is 17.8 Å². The fourth-order valence-electron chi connectivity index (χ4n) is 6.36. The number of carbonyl (C=O) groups is 1. The lowest BCUT2D eigenvalue weighted by Gasteiger charge is -2.32. The third kappa shape index (κ3) is 6.00. The molecule has 0 amide bonds. The lowest BCUT2D eigenvalue weighted by atomic mass is 9.80. The van der Waals surface area contributed by atoms with E-state index in [9.17, 15) is 9.18 Å². The van der Waals surface area contributed by atoms with E-state index in [2.05, 4.69) is 67.9 Å². The predicted molar refractivity (Wildman–Crippen MR) is 159 cm³/mol. The molecule has 4 nitrogen and oxygen atoms in total. The Kier molecular flexibility index (Phi) is 8.42. The molecule has 0 bridgehead atoms. The smallest absolute Gasteiger partial charge is 0.149 e. The number of fused-ring (bicyclic) bond motifs is 1. The lowest BCUT2D eigenvalue weighted by molar-refractivity contribution is -0.121. The number of hydrogen-bond donors (Lipinski definition) is 0. The predicted octanol–water partition coefficient (Wildman–Crippen LogP) is 8.21. The van der Waals surface area contributed by atoms with E-state index in [4.69, 9.17) is 4.74 Å². The number of aromatic nitrogens is 1. The van der Waals surface area contributed by atoms with Gasteiger partial charge >= 0.3 is 0 Å². The molecular formula is C35H43FN2O2. The number of halogens is 1. The summed E-state index contributed by atoms with van der Waals surface area (Å²) in [6.07, 6.45) is 5.46. The highest BCUT2D eigenvalue weighted by molar-refractivity contribution is 5.79. The van der Waals surface area contributed by atoms with Gasteiger partial charge in [-0.25, -0.2) is 4.39 Å². The van der Waals surface area contributed by atoms with Gasteiger partial charge in [0.25, 0.3) is 0 Å². The maximum absolute atomic E-state index is 14.8. The molecule has 5 rings (SSSR count). The Morgan fingerprint density at radius 3 is 2.55 bits per heavy atom. The zero-order valence-corrected chi connectivity index (χ0v) is 24.8. The van der Waals surface area contributed by atoms with Crippen LogP contribution in [0.4, 0.5) is 4.39 Å². The molecule has 2 aliphatic rings. The van der Waals surface area contributed by atoms with Crippen molar-refractivity contribution in [2.75, 3.05) is 6.54 Å². The summed E-state index contributed by atoms with van der Waals surface area (Å²) in [6.45, 7) is 14.0. The second kappa shape index (κ2) is 11.8. The van der Waals surface area contributed by atoms with E-state index in [0.29, 0.717) is 17.5 Å². The number of rotatable bonds is 10. The molecule has 1 aliphatic carbocycles. The highest BCUT2D eigenvalue weighted by Crippen LogP contribution is 2.48. The topological polar surface area (TPSA) is 42.4 Å². The molecule has 1 aliphatic heterocycles. The van der Waals surface area contributed by atoms with Crippen molar-refractivity contribution >= 4 is 5.78 Å². The molecule has 1 aromatic heterocycles. The van der Waals surface area contributed by atoms with Gasteiger partial charge in [-0.15, -0.1) is 0 Å². The largest absolute Gasteiger partial charge is 0.485 e. The van der Waals surface area contributed by atoms with Crippen LogP contribution in [0.2, 0.25) is 0 Å². The number of carbonyl (C=O) groups excluding carboxylic acids is 1. The average molecular weight is 543 g/mol. The monoisotopic (exact) mass is 542 g/mol. The number of nitrogens with zero attached hydrogens (tertiary/aromatic N) is 2. The third-order valence-corrected chi connectivity index (χ3v) is 9.03. The van der Waals surface area contributed by atoms with Crippen molar-refractivity contribution in [3.63, 3.8) is 0 Å². The van der Waals surface area contributed by atoms with Gasteiger partial charge in [-0.3, -0.25) is 14.7 Å². The van der Waals surface area contributed by atoms with Crippen LogP contribution in [0, 0.1) is 24.6 Å². The maximum Gasteiger partial charge on any atom is 0.149 e. The first-order chi connectivity index (χ1) is 19.2. The minimum absolute atomic E-state index is 0.0114. The van der Waals surface area contributed by atoms with Gasteiger partial charge in [0, 0.05) is 29.8 Å². The summed E-state index contributed by atoms with van der Waals surface area (Å²) in [6, 6.07) is 15.1. The van der Waals surface area contributed by atoms with Crippen molar-refractivity contribution in [3.05, 3.63) is 82.4 Å². The highest BCUT2D eigenvalue weighted by Gasteiger charge is 2.38. The quantitative estimate of drug-likeness (QED) is 0.259. The Morgan fingerprint density at radius 2 is 1.88 bits per heavy atom. The van der Waals surface area contributed by atoms with Crippen molar-refractivity contribution in [2.45, 2.75) is 91.8 Å². The minimum atomic E-state index is -0.305. The van der Waals surface area contributed by atoms with Crippen LogP contribution in [0.15, 0.2) is 48.7 Å². The maximum atomic E-state index is 14.8. The highest BCUT2D eigenvalue weighted by atomic mass is 19.1. The molecule has 3 aromatic rings. The number of hydrogen-bond acceptors (Lipinski definition) is 4. The van der Waals surface area contributed by atoms with Crippen LogP contribution in [-0.4, -0.2) is 28.3 Å². The van der Waals surface area contributed by atoms with Crippen LogP contribution in [0.5, 0.6) is 5.75 Å². The molecule has 0 N–H and O–H groups in total. The van der Waals surface area contributed by atoms with Gasteiger partial charge in [0.15, 0.2) is 0 Å². The summed E-state index contributed by atoms with van der Waals surface area (Å²) in [5.41, 5.74) is 7.04. The van der Waals surface area contributed by atoms with Gasteiger partial charge in [-0.2, -0.15) is 0 Å². The first-order valence-corrected chi connectivity index (χ1v) is 15.0. The summed E-state index contributed by atoms with van der Waals surface area (Å²) < 4.78 is 21.6. The average Bonchev–Trinajstić information content (AvgIpc) is 3.77. The van der Waals surface area contributed by atoms with Crippen LogP contribution >= 0.6 is 0 Å². The Balaban J connectivity index is 1.50. The van der Waals surface area contributed by atoms with E-state index in [1.807, 2.05) is 19.1 Å². The first-order valence-electron chi connectivity index (χ1n) is 15.0. The molecule has 212 valence electrons. The van der Waals surface area contributed by atoms with Gasteiger partial charge in [0.05, 0.1) is 6.20 Å². The van der Waals surface area contributed by atoms with Crippen molar-refractivity contribution in [3.8, 4) is 16.9 Å². The van der Waals surface area contributed by atoms with E-state index in [1.54, 1.807) is 6.92 Å². The van der Waals surface area contributed by atoms with E-state index in [1.165, 1.54) is 41.3 Å². The molecule has 1 fully saturated rings. The second-order valence-corrected chi connectivity index (χ2v) is 12.2. The molecule has 40 heavy (non-hydrogen) atoms. The van der Waals surface area contributed by atoms with Crippen LogP contribution in [0.25, 0.3) is 11.1 Å². The Morgan fingerprint density at radius 1 is 1.10 bits per heavy atom.